The van der Waals surface area contributed by atoms with Gasteiger partial charge in [-0.05, 0) is 51.4 Å². The molecule has 0 heterocycles. The molecule has 0 aromatic carbocycles. The van der Waals surface area contributed by atoms with Crippen LogP contribution in [0.5, 0.6) is 0 Å². The first-order valence-electron chi connectivity index (χ1n) is 18.2. The molecule has 0 aliphatic carbocycles. The number of aliphatic hydroxyl groups is 1. The number of rotatable bonds is 32. The zero-order valence-corrected chi connectivity index (χ0v) is 29.3. The van der Waals surface area contributed by atoms with Crippen molar-refractivity contribution in [2.24, 2.45) is 0 Å². The van der Waals surface area contributed by atoms with Crippen LogP contribution in [-0.2, 0) is 14.9 Å². The van der Waals surface area contributed by atoms with Gasteiger partial charge >= 0.3 is 0 Å². The quantitative estimate of drug-likeness (QED) is 0.0386. The van der Waals surface area contributed by atoms with Crippen molar-refractivity contribution in [3.63, 3.8) is 0 Å². The smallest absolute Gasteiger partial charge is 0.267 e. The zero-order valence-electron chi connectivity index (χ0n) is 28.5. The Morgan fingerprint density at radius 3 is 1.50 bits per heavy atom. The van der Waals surface area contributed by atoms with E-state index in [4.69, 9.17) is 0 Å². The first kappa shape index (κ1) is 42.6. The number of amides is 1. The Hall–Kier alpha value is -1.44. The molecule has 44 heavy (non-hydrogen) atoms. The molecule has 0 aliphatic rings. The third kappa shape index (κ3) is 32.0. The molecule has 1 amide bonds. The van der Waals surface area contributed by atoms with Crippen molar-refractivity contribution < 1.29 is 22.9 Å². The van der Waals surface area contributed by atoms with Crippen molar-refractivity contribution in [3.8, 4) is 0 Å². The Bertz CT molecular complexity index is 837. The molecule has 3 N–H and O–H groups in total. The second-order valence-corrected chi connectivity index (χ2v) is 14.0. The van der Waals surface area contributed by atoms with Gasteiger partial charge in [0.25, 0.3) is 10.1 Å². The fourth-order valence-electron chi connectivity index (χ4n) is 5.30. The van der Waals surface area contributed by atoms with E-state index in [1.807, 2.05) is 6.08 Å². The molecular weight excluding hydrogens is 570 g/mol. The second-order valence-electron chi connectivity index (χ2n) is 12.5. The fourth-order valence-corrected chi connectivity index (χ4v) is 6.04. The number of carbonyl (C=O) groups excluding carboxylic acids is 1. The lowest BCUT2D eigenvalue weighted by Gasteiger charge is -2.21. The van der Waals surface area contributed by atoms with E-state index in [0.29, 0.717) is 0 Å². The summed E-state index contributed by atoms with van der Waals surface area (Å²) in [5.41, 5.74) is 0. The minimum absolute atomic E-state index is 0.287. The molecule has 2 unspecified atom stereocenters. The monoisotopic (exact) mass is 639 g/mol. The van der Waals surface area contributed by atoms with Crippen molar-refractivity contribution in [1.29, 1.82) is 0 Å². The highest BCUT2D eigenvalue weighted by Crippen LogP contribution is 2.13. The van der Waals surface area contributed by atoms with Crippen LogP contribution in [0.15, 0.2) is 36.5 Å². The fraction of sp³-hybridized carbons (Fsp3) is 0.811. The molecule has 258 valence electrons. The Kier molecular flexibility index (Phi) is 30.5. The molecule has 0 saturated carbocycles. The standard InChI is InChI=1S/C37H69NO5S/c1-3-5-7-9-11-13-15-16-17-18-19-20-21-23-25-27-29-31-33-37(40)38-35(34-44(41,42)43)36(39)32-30-28-26-24-22-14-12-10-8-6-4-2/h13,15,17-18,30,32,35-36,39H,3-12,14,16,19-29,31,33-34H2,1-2H3,(H,38,40)(H,41,42,43)/b15-13-,18-17-,32-30+. The Morgan fingerprint density at radius 1 is 0.614 bits per heavy atom. The van der Waals surface area contributed by atoms with Crippen molar-refractivity contribution in [1.82, 2.24) is 5.32 Å². The van der Waals surface area contributed by atoms with Gasteiger partial charge in [-0.3, -0.25) is 9.35 Å². The van der Waals surface area contributed by atoms with Gasteiger partial charge in [0.05, 0.1) is 17.9 Å². The molecule has 0 aliphatic heterocycles. The van der Waals surface area contributed by atoms with Gasteiger partial charge in [-0.2, -0.15) is 8.42 Å². The number of carbonyl (C=O) groups is 1. The minimum atomic E-state index is -4.34. The predicted molar refractivity (Wildman–Crippen MR) is 189 cm³/mol. The van der Waals surface area contributed by atoms with E-state index in [0.717, 1.165) is 57.8 Å². The van der Waals surface area contributed by atoms with E-state index >= 15 is 0 Å². The number of aliphatic hydroxyl groups excluding tert-OH is 1. The van der Waals surface area contributed by atoms with Crippen LogP contribution >= 0.6 is 0 Å². The summed E-state index contributed by atoms with van der Waals surface area (Å²) in [5, 5.41) is 13.1. The summed E-state index contributed by atoms with van der Waals surface area (Å²) < 4.78 is 32.3. The minimum Gasteiger partial charge on any atom is -0.387 e. The molecule has 0 fully saturated rings. The topological polar surface area (TPSA) is 104 Å². The van der Waals surface area contributed by atoms with Crippen molar-refractivity contribution >= 4 is 16.0 Å². The van der Waals surface area contributed by atoms with Gasteiger partial charge in [0.1, 0.15) is 0 Å². The van der Waals surface area contributed by atoms with Crippen molar-refractivity contribution in [3.05, 3.63) is 36.5 Å². The summed E-state index contributed by atoms with van der Waals surface area (Å²) in [6.45, 7) is 4.47. The lowest BCUT2D eigenvalue weighted by molar-refractivity contribution is -0.122. The average Bonchev–Trinajstić information content (AvgIpc) is 2.98. The summed E-state index contributed by atoms with van der Waals surface area (Å²) in [4.78, 5) is 12.4. The van der Waals surface area contributed by atoms with Gasteiger partial charge in [-0.1, -0.05) is 153 Å². The predicted octanol–water partition coefficient (Wildman–Crippen LogP) is 10.2. The number of allylic oxidation sites excluding steroid dienone is 5. The van der Waals surface area contributed by atoms with Crippen LogP contribution in [0.2, 0.25) is 0 Å². The molecule has 6 nitrogen and oxygen atoms in total. The maximum absolute atomic E-state index is 12.4. The van der Waals surface area contributed by atoms with E-state index in [2.05, 4.69) is 43.5 Å². The molecule has 0 aromatic rings. The van der Waals surface area contributed by atoms with E-state index in [1.165, 1.54) is 96.3 Å². The van der Waals surface area contributed by atoms with E-state index in [1.54, 1.807) is 6.08 Å². The number of hydrogen-bond donors (Lipinski definition) is 3. The average molecular weight is 640 g/mol. The highest BCUT2D eigenvalue weighted by atomic mass is 32.2. The highest BCUT2D eigenvalue weighted by molar-refractivity contribution is 7.85. The first-order valence-corrected chi connectivity index (χ1v) is 19.8. The maximum atomic E-state index is 12.4. The van der Waals surface area contributed by atoms with Gasteiger partial charge in [0.15, 0.2) is 0 Å². The molecule has 0 saturated heterocycles. The molecule has 0 rings (SSSR count). The number of nitrogens with one attached hydrogen (secondary N) is 1. The normalized spacial score (nSPS) is 13.8. The molecule has 0 aromatic heterocycles. The van der Waals surface area contributed by atoms with Crippen molar-refractivity contribution in [2.75, 3.05) is 5.75 Å². The second kappa shape index (κ2) is 31.5. The number of unbranched alkanes of at least 4 members (excludes halogenated alkanes) is 20. The van der Waals surface area contributed by atoms with Gasteiger partial charge in [0, 0.05) is 6.42 Å². The third-order valence-electron chi connectivity index (χ3n) is 8.06. The lowest BCUT2D eigenvalue weighted by atomic mass is 10.1. The van der Waals surface area contributed by atoms with Crippen LogP contribution in [0.3, 0.4) is 0 Å². The van der Waals surface area contributed by atoms with Crippen LogP contribution in [-0.4, -0.2) is 41.9 Å². The highest BCUT2D eigenvalue weighted by Gasteiger charge is 2.24. The Balaban J connectivity index is 3.98. The van der Waals surface area contributed by atoms with Gasteiger partial charge in [0.2, 0.25) is 5.91 Å². The van der Waals surface area contributed by atoms with Crippen LogP contribution in [0.1, 0.15) is 174 Å². The van der Waals surface area contributed by atoms with Crippen LogP contribution in [0, 0.1) is 0 Å². The molecule has 0 bridgehead atoms. The summed E-state index contributed by atoms with van der Waals surface area (Å²) >= 11 is 0. The van der Waals surface area contributed by atoms with Crippen molar-refractivity contribution in [2.45, 2.75) is 187 Å². The molecule has 7 heteroatoms. The third-order valence-corrected chi connectivity index (χ3v) is 8.84. The summed E-state index contributed by atoms with van der Waals surface area (Å²) in [5.74, 6) is -0.990. The summed E-state index contributed by atoms with van der Waals surface area (Å²) in [7, 11) is -4.34. The van der Waals surface area contributed by atoms with Gasteiger partial charge in [-0.25, -0.2) is 0 Å². The van der Waals surface area contributed by atoms with Gasteiger partial charge in [-0.15, -0.1) is 0 Å². The largest absolute Gasteiger partial charge is 0.387 e. The molecular formula is C37H69NO5S. The zero-order chi connectivity index (χ0) is 32.6. The SMILES string of the molecule is CCCCCC/C=C\C/C=C\CCCCCCCCCC(=O)NC(CS(=O)(=O)O)C(O)/C=C/CCCCCCCCCCC. The number of hydrogen-bond acceptors (Lipinski definition) is 4. The van der Waals surface area contributed by atoms with Crippen LogP contribution < -0.4 is 5.32 Å². The van der Waals surface area contributed by atoms with E-state index < -0.39 is 28.0 Å². The van der Waals surface area contributed by atoms with Crippen LogP contribution in [0.4, 0.5) is 0 Å². The first-order chi connectivity index (χ1) is 21.3. The van der Waals surface area contributed by atoms with E-state index in [-0.39, 0.29) is 12.3 Å². The molecule has 2 atom stereocenters. The molecule has 0 spiro atoms. The summed E-state index contributed by atoms with van der Waals surface area (Å²) in [6, 6.07) is -1.06. The van der Waals surface area contributed by atoms with Gasteiger partial charge < -0.3 is 10.4 Å². The van der Waals surface area contributed by atoms with Crippen LogP contribution in [0.25, 0.3) is 0 Å². The molecule has 0 radical (unpaired) electrons. The summed E-state index contributed by atoms with van der Waals surface area (Å²) in [6.07, 6.45) is 39.8. The Labute approximate surface area is 272 Å². The Morgan fingerprint density at radius 2 is 1.02 bits per heavy atom. The van der Waals surface area contributed by atoms with E-state index in [9.17, 15) is 22.9 Å². The maximum Gasteiger partial charge on any atom is 0.267 e. The lowest BCUT2D eigenvalue weighted by Crippen LogP contribution is -2.46.